The second-order valence-corrected chi connectivity index (χ2v) is 9.59. The van der Waals surface area contributed by atoms with Gasteiger partial charge in [-0.25, -0.2) is 8.78 Å². The molecule has 1 aromatic carbocycles. The van der Waals surface area contributed by atoms with Crippen LogP contribution >= 0.6 is 0 Å². The van der Waals surface area contributed by atoms with Crippen LogP contribution in [-0.2, 0) is 14.3 Å². The van der Waals surface area contributed by atoms with Gasteiger partial charge in [-0.1, -0.05) is 30.4 Å². The number of hydrogen-bond donors (Lipinski definition) is 2. The van der Waals surface area contributed by atoms with Gasteiger partial charge in [0.25, 0.3) is 5.92 Å². The van der Waals surface area contributed by atoms with E-state index in [1.54, 1.807) is 30.3 Å². The first-order chi connectivity index (χ1) is 16.8. The number of halogens is 2. The van der Waals surface area contributed by atoms with Crippen LogP contribution in [0.3, 0.4) is 0 Å². The van der Waals surface area contributed by atoms with Gasteiger partial charge in [-0.2, -0.15) is 0 Å². The van der Waals surface area contributed by atoms with Crippen LogP contribution in [0.2, 0.25) is 0 Å². The fourth-order valence-electron chi connectivity index (χ4n) is 4.95. The Morgan fingerprint density at radius 1 is 1.17 bits per heavy atom. The van der Waals surface area contributed by atoms with Crippen LogP contribution in [0.1, 0.15) is 64.2 Å². The molecule has 0 spiro atoms. The zero-order chi connectivity index (χ0) is 25.1. The number of carboxylic acids is 1. The Morgan fingerprint density at radius 2 is 1.97 bits per heavy atom. The molecule has 5 atom stereocenters. The van der Waals surface area contributed by atoms with Crippen molar-refractivity contribution in [1.29, 1.82) is 0 Å². The highest BCUT2D eigenvalue weighted by molar-refractivity contribution is 5.66. The van der Waals surface area contributed by atoms with Crippen molar-refractivity contribution in [2.24, 2.45) is 11.8 Å². The SMILES string of the molecule is O=C(O)CCC/C=C\CC1C(O)CC(OC2CCCCO2)C1CCC(F)(F)COc1ccccc1. The lowest BCUT2D eigenvalue weighted by Crippen LogP contribution is -2.33. The second kappa shape index (κ2) is 13.9. The van der Waals surface area contributed by atoms with E-state index < -0.39 is 24.6 Å². The lowest BCUT2D eigenvalue weighted by molar-refractivity contribution is -0.197. The number of unbranched alkanes of at least 4 members (excludes halogenated alkanes) is 1. The van der Waals surface area contributed by atoms with E-state index in [2.05, 4.69) is 0 Å². The van der Waals surface area contributed by atoms with E-state index in [1.165, 1.54) is 0 Å². The molecule has 0 aromatic heterocycles. The van der Waals surface area contributed by atoms with Crippen LogP contribution in [-0.4, -0.2) is 53.8 Å². The van der Waals surface area contributed by atoms with Crippen LogP contribution in [0, 0.1) is 11.8 Å². The Labute approximate surface area is 206 Å². The Balaban J connectivity index is 1.58. The van der Waals surface area contributed by atoms with Gasteiger partial charge in [-0.15, -0.1) is 0 Å². The lowest BCUT2D eigenvalue weighted by Gasteiger charge is -2.31. The molecule has 2 fully saturated rings. The Bertz CT molecular complexity index is 781. The molecule has 1 saturated carbocycles. The molecular formula is C27H38F2O6. The van der Waals surface area contributed by atoms with E-state index >= 15 is 0 Å². The normalized spacial score (nSPS) is 27.3. The number of carboxylic acid groups (broad SMARTS) is 1. The molecule has 0 bridgehead atoms. The van der Waals surface area contributed by atoms with Crippen LogP contribution in [0.15, 0.2) is 42.5 Å². The molecule has 1 aliphatic heterocycles. The molecule has 3 rings (SSSR count). The monoisotopic (exact) mass is 496 g/mol. The summed E-state index contributed by atoms with van der Waals surface area (Å²) in [6.07, 6.45) is 7.32. The number of carbonyl (C=O) groups is 1. The highest BCUT2D eigenvalue weighted by Crippen LogP contribution is 2.42. The minimum Gasteiger partial charge on any atom is -0.487 e. The van der Waals surface area contributed by atoms with Gasteiger partial charge in [0.15, 0.2) is 12.9 Å². The number of benzene rings is 1. The fourth-order valence-corrected chi connectivity index (χ4v) is 4.95. The molecular weight excluding hydrogens is 458 g/mol. The van der Waals surface area contributed by atoms with Crippen molar-refractivity contribution in [2.75, 3.05) is 13.2 Å². The topological polar surface area (TPSA) is 85.2 Å². The van der Waals surface area contributed by atoms with Crippen molar-refractivity contribution >= 4 is 5.97 Å². The standard InChI is InChI=1S/C27H38F2O6/c28-27(29,19-34-20-10-4-3-5-11-20)16-15-22-21(12-6-1-2-7-13-25(31)32)23(30)18-24(22)35-26-14-8-9-17-33-26/h1,3-6,10-11,21-24,26,30H,2,7-9,12-19H2,(H,31,32)/b6-1-. The number of para-hydroxylation sites is 1. The van der Waals surface area contributed by atoms with Crippen molar-refractivity contribution in [2.45, 2.75) is 88.6 Å². The summed E-state index contributed by atoms with van der Waals surface area (Å²) in [5.74, 6) is -3.87. The molecule has 0 amide bonds. The summed E-state index contributed by atoms with van der Waals surface area (Å²) in [6, 6.07) is 8.57. The molecule has 2 N–H and O–H groups in total. The first kappa shape index (κ1) is 27.6. The highest BCUT2D eigenvalue weighted by Gasteiger charge is 2.45. The maximum Gasteiger partial charge on any atom is 0.303 e. The van der Waals surface area contributed by atoms with E-state index in [0.29, 0.717) is 38.0 Å². The van der Waals surface area contributed by atoms with E-state index in [1.807, 2.05) is 12.2 Å². The van der Waals surface area contributed by atoms with Gasteiger partial charge in [-0.3, -0.25) is 4.79 Å². The number of hydrogen-bond acceptors (Lipinski definition) is 5. The number of alkyl halides is 2. The largest absolute Gasteiger partial charge is 0.487 e. The van der Waals surface area contributed by atoms with Crippen molar-refractivity contribution < 1.29 is 38.0 Å². The molecule has 196 valence electrons. The van der Waals surface area contributed by atoms with Gasteiger partial charge in [0.1, 0.15) is 5.75 Å². The van der Waals surface area contributed by atoms with Crippen LogP contribution in [0.4, 0.5) is 8.78 Å². The van der Waals surface area contributed by atoms with Crippen LogP contribution in [0.25, 0.3) is 0 Å². The van der Waals surface area contributed by atoms with Gasteiger partial charge in [0.2, 0.25) is 0 Å². The molecule has 35 heavy (non-hydrogen) atoms. The van der Waals surface area contributed by atoms with E-state index in [0.717, 1.165) is 19.3 Å². The quantitative estimate of drug-likeness (QED) is 0.258. The highest BCUT2D eigenvalue weighted by atomic mass is 19.3. The number of aliphatic carboxylic acids is 1. The predicted octanol–water partition coefficient (Wildman–Crippen LogP) is 5.59. The molecule has 0 radical (unpaired) electrons. The maximum atomic E-state index is 14.7. The van der Waals surface area contributed by atoms with Gasteiger partial charge in [0.05, 0.1) is 12.2 Å². The summed E-state index contributed by atoms with van der Waals surface area (Å²) in [5.41, 5.74) is 0. The van der Waals surface area contributed by atoms with E-state index in [-0.39, 0.29) is 43.5 Å². The molecule has 8 heteroatoms. The van der Waals surface area contributed by atoms with Crippen LogP contribution < -0.4 is 4.74 Å². The average molecular weight is 497 g/mol. The van der Waals surface area contributed by atoms with E-state index in [4.69, 9.17) is 19.3 Å². The molecule has 5 unspecified atom stereocenters. The van der Waals surface area contributed by atoms with Crippen molar-refractivity contribution in [3.63, 3.8) is 0 Å². The molecule has 1 heterocycles. The summed E-state index contributed by atoms with van der Waals surface area (Å²) in [4.78, 5) is 10.7. The Hall–Kier alpha value is -2.03. The number of rotatable bonds is 14. The Kier molecular flexibility index (Phi) is 10.9. The first-order valence-corrected chi connectivity index (χ1v) is 12.7. The first-order valence-electron chi connectivity index (χ1n) is 12.7. The van der Waals surface area contributed by atoms with Crippen molar-refractivity contribution in [3.05, 3.63) is 42.5 Å². The number of aliphatic hydroxyl groups is 1. The van der Waals surface area contributed by atoms with Crippen molar-refractivity contribution in [3.8, 4) is 5.75 Å². The summed E-state index contributed by atoms with van der Waals surface area (Å²) < 4.78 is 46.6. The van der Waals surface area contributed by atoms with Gasteiger partial charge < -0.3 is 24.4 Å². The summed E-state index contributed by atoms with van der Waals surface area (Å²) in [6.45, 7) is -0.0697. The molecule has 6 nitrogen and oxygen atoms in total. The lowest BCUT2D eigenvalue weighted by atomic mass is 9.86. The van der Waals surface area contributed by atoms with Crippen LogP contribution in [0.5, 0.6) is 5.75 Å². The number of allylic oxidation sites excluding steroid dienone is 2. The molecule has 1 saturated heterocycles. The van der Waals surface area contributed by atoms with Gasteiger partial charge >= 0.3 is 5.97 Å². The third-order valence-corrected chi connectivity index (χ3v) is 6.83. The molecule has 2 aliphatic rings. The number of ether oxygens (including phenoxy) is 3. The number of aliphatic hydroxyl groups excluding tert-OH is 1. The van der Waals surface area contributed by atoms with Crippen molar-refractivity contribution in [1.82, 2.24) is 0 Å². The molecule has 1 aliphatic carbocycles. The van der Waals surface area contributed by atoms with Gasteiger partial charge in [-0.05, 0) is 68.9 Å². The smallest absolute Gasteiger partial charge is 0.303 e. The Morgan fingerprint density at radius 3 is 2.69 bits per heavy atom. The predicted molar refractivity (Wildman–Crippen MR) is 127 cm³/mol. The second-order valence-electron chi connectivity index (χ2n) is 9.59. The summed E-state index contributed by atoms with van der Waals surface area (Å²) >= 11 is 0. The fraction of sp³-hybridized carbons (Fsp3) is 0.667. The zero-order valence-electron chi connectivity index (χ0n) is 20.2. The van der Waals surface area contributed by atoms with Gasteiger partial charge in [0, 0.05) is 25.9 Å². The minimum absolute atomic E-state index is 0.108. The third-order valence-electron chi connectivity index (χ3n) is 6.83. The summed E-state index contributed by atoms with van der Waals surface area (Å²) in [7, 11) is 0. The third kappa shape index (κ3) is 9.50. The molecule has 1 aromatic rings. The van der Waals surface area contributed by atoms with E-state index in [9.17, 15) is 18.7 Å². The average Bonchev–Trinajstić information content (AvgIpc) is 3.13. The zero-order valence-corrected chi connectivity index (χ0v) is 20.2. The minimum atomic E-state index is -3.01. The maximum absolute atomic E-state index is 14.7. The summed E-state index contributed by atoms with van der Waals surface area (Å²) in [5, 5.41) is 19.5.